The van der Waals surface area contributed by atoms with Gasteiger partial charge in [-0.25, -0.2) is 0 Å². The smallest absolute Gasteiger partial charge is 0.255 e. The zero-order valence-electron chi connectivity index (χ0n) is 18.2. The SMILES string of the molecule is CC(C)(C)c1ccc(-c2c(O[PH+]=O)cccc2-c2ccccc2)c(C(C)(C)C)c1. The Morgan fingerprint density at radius 2 is 1.41 bits per heavy atom. The highest BCUT2D eigenvalue weighted by Gasteiger charge is 2.26. The molecule has 0 bridgehead atoms. The molecule has 0 N–H and O–H groups in total. The van der Waals surface area contributed by atoms with E-state index in [0.29, 0.717) is 5.75 Å². The Morgan fingerprint density at radius 3 is 2.00 bits per heavy atom. The van der Waals surface area contributed by atoms with Gasteiger partial charge in [0.25, 0.3) is 0 Å². The molecule has 3 heteroatoms. The van der Waals surface area contributed by atoms with Crippen LogP contribution in [0.1, 0.15) is 52.7 Å². The summed E-state index contributed by atoms with van der Waals surface area (Å²) in [6.45, 7) is 13.4. The Morgan fingerprint density at radius 1 is 0.724 bits per heavy atom. The maximum atomic E-state index is 11.4. The monoisotopic (exact) mass is 405 g/mol. The summed E-state index contributed by atoms with van der Waals surface area (Å²) in [5.74, 6) is 0.647. The van der Waals surface area contributed by atoms with Crippen LogP contribution < -0.4 is 4.52 Å². The Bertz CT molecular complexity index is 1010. The van der Waals surface area contributed by atoms with Crippen LogP contribution in [-0.4, -0.2) is 0 Å². The van der Waals surface area contributed by atoms with Gasteiger partial charge in [-0.1, -0.05) is 102 Å². The molecule has 3 rings (SSSR count). The third-order valence-electron chi connectivity index (χ3n) is 5.23. The van der Waals surface area contributed by atoms with Crippen molar-refractivity contribution >= 4 is 8.69 Å². The number of benzene rings is 3. The minimum Gasteiger partial charge on any atom is -0.255 e. The van der Waals surface area contributed by atoms with E-state index in [1.54, 1.807) is 0 Å². The topological polar surface area (TPSA) is 26.3 Å². The molecule has 0 fully saturated rings. The van der Waals surface area contributed by atoms with E-state index in [1.807, 2.05) is 30.3 Å². The first-order valence-electron chi connectivity index (χ1n) is 10.0. The summed E-state index contributed by atoms with van der Waals surface area (Å²) in [4.78, 5) is 0. The summed E-state index contributed by atoms with van der Waals surface area (Å²) in [5.41, 5.74) is 6.87. The number of rotatable bonds is 4. The average Bonchev–Trinajstić information content (AvgIpc) is 2.67. The first-order chi connectivity index (χ1) is 13.6. The Labute approximate surface area is 176 Å². The van der Waals surface area contributed by atoms with Crippen LogP contribution in [0.3, 0.4) is 0 Å². The Hall–Kier alpha value is -2.44. The summed E-state index contributed by atoms with van der Waals surface area (Å²) in [5, 5.41) is 0. The zero-order chi connectivity index (χ0) is 21.2. The maximum absolute atomic E-state index is 11.4. The molecule has 0 radical (unpaired) electrons. The van der Waals surface area contributed by atoms with Gasteiger partial charge >= 0.3 is 8.69 Å². The molecule has 0 aliphatic heterocycles. The van der Waals surface area contributed by atoms with E-state index in [2.05, 4.69) is 77.9 Å². The Kier molecular flexibility index (Phi) is 5.96. The van der Waals surface area contributed by atoms with Crippen molar-refractivity contribution in [3.8, 4) is 28.0 Å². The largest absolute Gasteiger partial charge is 0.542 e. The second-order valence-electron chi connectivity index (χ2n) is 9.49. The van der Waals surface area contributed by atoms with Crippen molar-refractivity contribution < 1.29 is 9.09 Å². The van der Waals surface area contributed by atoms with Gasteiger partial charge in [0.15, 0.2) is 5.75 Å². The van der Waals surface area contributed by atoms with Gasteiger partial charge in [0.1, 0.15) is 0 Å². The number of hydrogen-bond donors (Lipinski definition) is 0. The van der Waals surface area contributed by atoms with Gasteiger partial charge in [-0.3, -0.25) is 4.52 Å². The summed E-state index contributed by atoms with van der Waals surface area (Å²) >= 11 is 0. The molecule has 29 heavy (non-hydrogen) atoms. The standard InChI is InChI=1S/C26H30O2P/c1-25(2,3)19-15-16-21(22(17-19)26(4,5)6)24-20(18-11-8-7-9-12-18)13-10-14-23(24)28-29-27/h7-17,29H,1-6H3/q+1. The summed E-state index contributed by atoms with van der Waals surface area (Å²) in [6, 6.07) is 23.0. The lowest BCUT2D eigenvalue weighted by molar-refractivity contribution is 0.526. The molecule has 1 atom stereocenters. The van der Waals surface area contributed by atoms with E-state index in [4.69, 9.17) is 4.52 Å². The van der Waals surface area contributed by atoms with Crippen LogP contribution >= 0.6 is 8.69 Å². The van der Waals surface area contributed by atoms with Crippen LogP contribution in [0, 0.1) is 0 Å². The van der Waals surface area contributed by atoms with Crippen molar-refractivity contribution in [1.29, 1.82) is 0 Å². The van der Waals surface area contributed by atoms with Crippen LogP contribution in [0.5, 0.6) is 5.75 Å². The molecule has 1 unspecified atom stereocenters. The van der Waals surface area contributed by atoms with Gasteiger partial charge in [-0.05, 0) is 49.3 Å². The summed E-state index contributed by atoms with van der Waals surface area (Å²) in [7, 11) is -0.847. The van der Waals surface area contributed by atoms with Crippen molar-refractivity contribution in [2.24, 2.45) is 0 Å². The first-order valence-corrected chi connectivity index (χ1v) is 10.8. The van der Waals surface area contributed by atoms with E-state index in [-0.39, 0.29) is 10.8 Å². The van der Waals surface area contributed by atoms with Gasteiger partial charge in [0.05, 0.1) is 0 Å². The van der Waals surface area contributed by atoms with Crippen molar-refractivity contribution in [2.75, 3.05) is 0 Å². The predicted molar refractivity (Wildman–Crippen MR) is 124 cm³/mol. The third-order valence-corrected chi connectivity index (χ3v) is 5.53. The highest BCUT2D eigenvalue weighted by molar-refractivity contribution is 7.17. The van der Waals surface area contributed by atoms with Crippen LogP contribution in [0.4, 0.5) is 0 Å². The van der Waals surface area contributed by atoms with Gasteiger partial charge < -0.3 is 0 Å². The fraction of sp³-hybridized carbons (Fsp3) is 0.308. The molecule has 0 amide bonds. The van der Waals surface area contributed by atoms with E-state index < -0.39 is 8.69 Å². The van der Waals surface area contributed by atoms with E-state index in [0.717, 1.165) is 22.3 Å². The van der Waals surface area contributed by atoms with Crippen LogP contribution in [-0.2, 0) is 15.4 Å². The molecule has 0 aromatic heterocycles. The molecule has 0 saturated carbocycles. The molecule has 0 heterocycles. The molecule has 0 aliphatic rings. The van der Waals surface area contributed by atoms with Crippen LogP contribution in [0.2, 0.25) is 0 Å². The van der Waals surface area contributed by atoms with Gasteiger partial charge in [0, 0.05) is 5.56 Å². The normalized spacial score (nSPS) is 12.2. The highest BCUT2D eigenvalue weighted by Crippen LogP contribution is 2.45. The average molecular weight is 405 g/mol. The lowest BCUT2D eigenvalue weighted by atomic mass is 9.76. The van der Waals surface area contributed by atoms with Gasteiger partial charge in [-0.2, -0.15) is 0 Å². The molecular weight excluding hydrogens is 375 g/mol. The van der Waals surface area contributed by atoms with E-state index in [9.17, 15) is 4.57 Å². The molecule has 0 saturated heterocycles. The fourth-order valence-corrected chi connectivity index (χ4v) is 3.91. The number of hydrogen-bond acceptors (Lipinski definition) is 2. The van der Waals surface area contributed by atoms with Crippen molar-refractivity contribution in [3.63, 3.8) is 0 Å². The molecular formula is C26H30O2P+. The molecule has 3 aromatic carbocycles. The van der Waals surface area contributed by atoms with E-state index >= 15 is 0 Å². The second kappa shape index (κ2) is 8.13. The molecule has 2 nitrogen and oxygen atoms in total. The van der Waals surface area contributed by atoms with E-state index in [1.165, 1.54) is 11.1 Å². The summed E-state index contributed by atoms with van der Waals surface area (Å²) < 4.78 is 17.0. The van der Waals surface area contributed by atoms with Gasteiger partial charge in [-0.15, -0.1) is 0 Å². The van der Waals surface area contributed by atoms with Crippen LogP contribution in [0.15, 0.2) is 66.7 Å². The molecule has 0 spiro atoms. The summed E-state index contributed by atoms with van der Waals surface area (Å²) in [6.07, 6.45) is 0. The van der Waals surface area contributed by atoms with Gasteiger partial charge in [0.2, 0.25) is 0 Å². The quantitative estimate of drug-likeness (QED) is 0.412. The zero-order valence-corrected chi connectivity index (χ0v) is 19.2. The van der Waals surface area contributed by atoms with Crippen molar-refractivity contribution in [3.05, 3.63) is 77.9 Å². The molecule has 150 valence electrons. The second-order valence-corrected chi connectivity index (χ2v) is 9.86. The molecule has 3 aromatic rings. The minimum atomic E-state index is -0.847. The minimum absolute atomic E-state index is 0.0581. The Balaban J connectivity index is 2.37. The third kappa shape index (κ3) is 4.60. The molecule has 0 aliphatic carbocycles. The van der Waals surface area contributed by atoms with Crippen molar-refractivity contribution in [1.82, 2.24) is 0 Å². The fourth-order valence-electron chi connectivity index (χ4n) is 3.65. The maximum Gasteiger partial charge on any atom is 0.542 e. The lowest BCUT2D eigenvalue weighted by Crippen LogP contribution is -2.17. The predicted octanol–water partition coefficient (Wildman–Crippen LogP) is 7.93. The van der Waals surface area contributed by atoms with Crippen LogP contribution in [0.25, 0.3) is 22.3 Å². The first kappa shape index (κ1) is 21.3. The lowest BCUT2D eigenvalue weighted by Gasteiger charge is -2.28. The highest BCUT2D eigenvalue weighted by atomic mass is 31.1. The van der Waals surface area contributed by atoms with Crippen molar-refractivity contribution in [2.45, 2.75) is 52.4 Å².